The largest absolute Gasteiger partial charge is 0.481 e. The number of rotatable bonds is 11. The minimum atomic E-state index is -1.16. The number of carbonyl (C=O) groups is 2. The Labute approximate surface area is 207 Å². The molecule has 190 valence electrons. The van der Waals surface area contributed by atoms with Crippen molar-refractivity contribution < 1.29 is 33.5 Å². The van der Waals surface area contributed by atoms with Crippen LogP contribution in [-0.4, -0.2) is 50.8 Å². The van der Waals surface area contributed by atoms with Gasteiger partial charge in [-0.3, -0.25) is 9.59 Å². The highest BCUT2D eigenvalue weighted by molar-refractivity contribution is 5.99. The van der Waals surface area contributed by atoms with Crippen molar-refractivity contribution in [3.63, 3.8) is 0 Å². The Kier molecular flexibility index (Phi) is 7.76. The zero-order valence-corrected chi connectivity index (χ0v) is 20.0. The Hall–Kier alpha value is -3.63. The van der Waals surface area contributed by atoms with E-state index < -0.39 is 36.6 Å². The first-order valence-electron chi connectivity index (χ1n) is 11.8. The number of hydrogen-bond donors (Lipinski definition) is 3. The third-order valence-electron chi connectivity index (χ3n) is 6.05. The SMILES string of the molecule is CC[C@@H](Oc1ccc(C(=O)C2CC2)cc1)c1nc(-c2ccc(C(=O)N[C@H](C)[C@@H](O)CO)c(F)c2)no1. The second-order valence-electron chi connectivity index (χ2n) is 8.84. The number of Topliss-reactive ketones (excluding diaryl/α,β-unsaturated/α-hetero) is 1. The smallest absolute Gasteiger partial charge is 0.268 e. The zero-order chi connectivity index (χ0) is 25.8. The van der Waals surface area contributed by atoms with Gasteiger partial charge in [0.2, 0.25) is 5.82 Å². The van der Waals surface area contributed by atoms with E-state index in [1.165, 1.54) is 19.1 Å². The molecule has 3 N–H and O–H groups in total. The topological polar surface area (TPSA) is 135 Å². The number of nitrogens with one attached hydrogen (secondary N) is 1. The van der Waals surface area contributed by atoms with Crippen molar-refractivity contribution in [2.45, 2.75) is 51.4 Å². The van der Waals surface area contributed by atoms with E-state index in [1.54, 1.807) is 24.3 Å². The van der Waals surface area contributed by atoms with Gasteiger partial charge in [-0.05, 0) is 62.6 Å². The molecule has 0 unspecified atom stereocenters. The van der Waals surface area contributed by atoms with Crippen molar-refractivity contribution >= 4 is 11.7 Å². The van der Waals surface area contributed by atoms with Crippen molar-refractivity contribution in [3.8, 4) is 17.1 Å². The summed E-state index contributed by atoms with van der Waals surface area (Å²) in [5.74, 6) is -0.331. The number of halogens is 1. The van der Waals surface area contributed by atoms with Crippen LogP contribution in [-0.2, 0) is 0 Å². The summed E-state index contributed by atoms with van der Waals surface area (Å²) >= 11 is 0. The number of ketones is 1. The van der Waals surface area contributed by atoms with Crippen molar-refractivity contribution in [1.82, 2.24) is 15.5 Å². The van der Waals surface area contributed by atoms with Crippen molar-refractivity contribution in [3.05, 3.63) is 65.3 Å². The Balaban J connectivity index is 1.44. The van der Waals surface area contributed by atoms with E-state index in [1.807, 2.05) is 6.92 Å². The van der Waals surface area contributed by atoms with Gasteiger partial charge in [-0.15, -0.1) is 0 Å². The monoisotopic (exact) mass is 497 g/mol. The second kappa shape index (κ2) is 11.0. The molecule has 4 rings (SSSR count). The van der Waals surface area contributed by atoms with Gasteiger partial charge in [0.1, 0.15) is 11.6 Å². The quantitative estimate of drug-likeness (QED) is 0.343. The molecule has 0 spiro atoms. The number of ether oxygens (including phenoxy) is 1. The van der Waals surface area contributed by atoms with E-state index >= 15 is 0 Å². The number of aliphatic hydroxyl groups is 2. The number of nitrogens with zero attached hydrogens (tertiary/aromatic N) is 2. The van der Waals surface area contributed by atoms with Crippen LogP contribution in [0.15, 0.2) is 47.0 Å². The number of amides is 1. The highest BCUT2D eigenvalue weighted by Crippen LogP contribution is 2.33. The molecule has 0 radical (unpaired) electrons. The summed E-state index contributed by atoms with van der Waals surface area (Å²) in [4.78, 5) is 28.8. The predicted octanol–water partition coefficient (Wildman–Crippen LogP) is 3.47. The van der Waals surface area contributed by atoms with Crippen LogP contribution in [0.5, 0.6) is 5.75 Å². The van der Waals surface area contributed by atoms with E-state index in [0.29, 0.717) is 23.3 Å². The molecule has 2 aromatic carbocycles. The standard InChI is InChI=1S/C26H28FN3O6/c1-3-22(35-18-9-6-16(7-10-18)23(33)15-4-5-15)26-29-24(30-36-26)17-8-11-19(20(27)12-17)25(34)28-14(2)21(32)13-31/h6-12,14-15,21-22,31-32H,3-5,13H2,1-2H3,(H,28,34)/t14-,21+,22-/m1/s1. The Bertz CT molecular complexity index is 1220. The van der Waals surface area contributed by atoms with Crippen molar-refractivity contribution in [1.29, 1.82) is 0 Å². The van der Waals surface area contributed by atoms with E-state index in [-0.39, 0.29) is 29.0 Å². The summed E-state index contributed by atoms with van der Waals surface area (Å²) in [5, 5.41) is 24.9. The summed E-state index contributed by atoms with van der Waals surface area (Å²) in [6.07, 6.45) is 0.705. The van der Waals surface area contributed by atoms with Crippen molar-refractivity contribution in [2.75, 3.05) is 6.61 Å². The van der Waals surface area contributed by atoms with Crippen LogP contribution in [0.2, 0.25) is 0 Å². The van der Waals surface area contributed by atoms with Gasteiger partial charge in [-0.1, -0.05) is 18.1 Å². The lowest BCUT2D eigenvalue weighted by molar-refractivity contribution is 0.0609. The second-order valence-corrected chi connectivity index (χ2v) is 8.84. The van der Waals surface area contributed by atoms with Crippen LogP contribution in [0.4, 0.5) is 4.39 Å². The maximum Gasteiger partial charge on any atom is 0.268 e. The lowest BCUT2D eigenvalue weighted by Gasteiger charge is -2.18. The summed E-state index contributed by atoms with van der Waals surface area (Å²) < 4.78 is 26.0. The third kappa shape index (κ3) is 5.77. The van der Waals surface area contributed by atoms with E-state index in [2.05, 4.69) is 15.5 Å². The zero-order valence-electron chi connectivity index (χ0n) is 20.0. The molecule has 9 nitrogen and oxygen atoms in total. The van der Waals surface area contributed by atoms with Gasteiger partial charge >= 0.3 is 0 Å². The minimum Gasteiger partial charge on any atom is -0.481 e. The van der Waals surface area contributed by atoms with E-state index in [0.717, 1.165) is 18.9 Å². The molecule has 1 amide bonds. The fourth-order valence-electron chi connectivity index (χ4n) is 3.61. The summed E-state index contributed by atoms with van der Waals surface area (Å²) in [6, 6.07) is 10.1. The Morgan fingerprint density at radius 2 is 1.94 bits per heavy atom. The highest BCUT2D eigenvalue weighted by atomic mass is 19.1. The number of aromatic nitrogens is 2. The van der Waals surface area contributed by atoms with Gasteiger partial charge in [-0.2, -0.15) is 4.98 Å². The van der Waals surface area contributed by atoms with Crippen molar-refractivity contribution in [2.24, 2.45) is 5.92 Å². The molecule has 1 aliphatic rings. The van der Waals surface area contributed by atoms with Gasteiger partial charge in [-0.25, -0.2) is 4.39 Å². The molecule has 1 saturated carbocycles. The number of hydrogen-bond acceptors (Lipinski definition) is 8. The predicted molar refractivity (Wildman–Crippen MR) is 127 cm³/mol. The van der Waals surface area contributed by atoms with Crippen LogP contribution >= 0.6 is 0 Å². The van der Waals surface area contributed by atoms with Gasteiger partial charge in [0.25, 0.3) is 11.8 Å². The van der Waals surface area contributed by atoms with Crippen LogP contribution < -0.4 is 10.1 Å². The highest BCUT2D eigenvalue weighted by Gasteiger charge is 2.30. The van der Waals surface area contributed by atoms with E-state index in [4.69, 9.17) is 14.4 Å². The molecule has 3 aromatic rings. The molecule has 36 heavy (non-hydrogen) atoms. The van der Waals surface area contributed by atoms with Gasteiger partial charge in [0.15, 0.2) is 11.9 Å². The van der Waals surface area contributed by atoms with Crippen LogP contribution in [0.3, 0.4) is 0 Å². The average Bonchev–Trinajstić information content (AvgIpc) is 3.62. The number of aliphatic hydroxyl groups excluding tert-OH is 2. The maximum atomic E-state index is 14.7. The first kappa shape index (κ1) is 25.5. The van der Waals surface area contributed by atoms with Gasteiger partial charge in [0, 0.05) is 17.0 Å². The van der Waals surface area contributed by atoms with Gasteiger partial charge in [0.05, 0.1) is 24.3 Å². The molecular weight excluding hydrogens is 469 g/mol. The summed E-state index contributed by atoms with van der Waals surface area (Å²) in [6.45, 7) is 2.86. The summed E-state index contributed by atoms with van der Waals surface area (Å²) in [7, 11) is 0. The molecule has 0 bridgehead atoms. The fraction of sp³-hybridized carbons (Fsp3) is 0.385. The Morgan fingerprint density at radius 3 is 2.56 bits per heavy atom. The molecule has 1 aliphatic carbocycles. The lowest BCUT2D eigenvalue weighted by atomic mass is 10.1. The summed E-state index contributed by atoms with van der Waals surface area (Å²) in [5.41, 5.74) is 0.745. The maximum absolute atomic E-state index is 14.7. The molecule has 3 atom stereocenters. The first-order valence-corrected chi connectivity index (χ1v) is 11.8. The van der Waals surface area contributed by atoms with Gasteiger partial charge < -0.3 is 24.8 Å². The molecular formula is C26H28FN3O6. The molecule has 1 heterocycles. The third-order valence-corrected chi connectivity index (χ3v) is 6.05. The Morgan fingerprint density at radius 1 is 1.22 bits per heavy atom. The number of carbonyl (C=O) groups excluding carboxylic acids is 2. The molecule has 0 saturated heterocycles. The normalized spacial score (nSPS) is 15.7. The number of benzene rings is 2. The molecule has 1 fully saturated rings. The fourth-order valence-corrected chi connectivity index (χ4v) is 3.61. The van der Waals surface area contributed by atoms with E-state index in [9.17, 15) is 19.1 Å². The lowest BCUT2D eigenvalue weighted by Crippen LogP contribution is -2.43. The van der Waals surface area contributed by atoms with Crippen LogP contribution in [0.1, 0.15) is 65.8 Å². The molecule has 1 aromatic heterocycles. The molecule has 0 aliphatic heterocycles. The average molecular weight is 498 g/mol. The van der Waals surface area contributed by atoms with Crippen LogP contribution in [0, 0.1) is 11.7 Å². The van der Waals surface area contributed by atoms with Crippen LogP contribution in [0.25, 0.3) is 11.4 Å². The minimum absolute atomic E-state index is 0.132. The molecule has 10 heteroatoms. The first-order chi connectivity index (χ1) is 17.3.